The molecule has 1 aromatic carbocycles. The van der Waals surface area contributed by atoms with E-state index in [2.05, 4.69) is 0 Å². The van der Waals surface area contributed by atoms with Crippen LogP contribution >= 0.6 is 0 Å². The first-order valence-electron chi connectivity index (χ1n) is 6.51. The van der Waals surface area contributed by atoms with Crippen molar-refractivity contribution in [1.82, 2.24) is 4.90 Å². The Hall–Kier alpha value is -2.34. The number of carboxylic acids is 1. The molecule has 2 aromatic rings. The van der Waals surface area contributed by atoms with Gasteiger partial charge in [0, 0.05) is 19.0 Å². The lowest BCUT2D eigenvalue weighted by molar-refractivity contribution is -0.137. The van der Waals surface area contributed by atoms with Crippen molar-refractivity contribution >= 4 is 22.8 Å². The highest BCUT2D eigenvalue weighted by atomic mass is 16.5. The average molecular weight is 291 g/mol. The van der Waals surface area contributed by atoms with Crippen molar-refractivity contribution in [3.05, 3.63) is 35.6 Å². The number of carbonyl (C=O) groups is 2. The van der Waals surface area contributed by atoms with Gasteiger partial charge < -0.3 is 19.2 Å². The summed E-state index contributed by atoms with van der Waals surface area (Å²) in [6.45, 7) is 2.01. The fourth-order valence-electron chi connectivity index (χ4n) is 2.04. The monoisotopic (exact) mass is 291 g/mol. The summed E-state index contributed by atoms with van der Waals surface area (Å²) >= 11 is 0. The average Bonchev–Trinajstić information content (AvgIpc) is 2.85. The Labute approximate surface area is 121 Å². The normalized spacial score (nSPS) is 10.8. The maximum Gasteiger partial charge on any atom is 0.323 e. The van der Waals surface area contributed by atoms with Crippen LogP contribution in [0.3, 0.4) is 0 Å². The highest BCUT2D eigenvalue weighted by molar-refractivity contribution is 5.97. The Morgan fingerprint density at radius 3 is 2.76 bits per heavy atom. The van der Waals surface area contributed by atoms with Crippen LogP contribution in [-0.2, 0) is 9.53 Å². The Morgan fingerprint density at radius 2 is 2.10 bits per heavy atom. The first-order chi connectivity index (χ1) is 10.0. The van der Waals surface area contributed by atoms with Gasteiger partial charge in [0.05, 0.1) is 6.61 Å². The number of fused-ring (bicyclic) bond motifs is 1. The van der Waals surface area contributed by atoms with Crippen LogP contribution in [0.25, 0.3) is 11.0 Å². The van der Waals surface area contributed by atoms with E-state index in [4.69, 9.17) is 14.3 Å². The van der Waals surface area contributed by atoms with Gasteiger partial charge in [-0.2, -0.15) is 0 Å². The van der Waals surface area contributed by atoms with Crippen LogP contribution in [0.4, 0.5) is 0 Å². The zero-order chi connectivity index (χ0) is 15.4. The van der Waals surface area contributed by atoms with Crippen molar-refractivity contribution < 1.29 is 23.8 Å². The first-order valence-corrected chi connectivity index (χ1v) is 6.51. The van der Waals surface area contributed by atoms with E-state index < -0.39 is 18.4 Å². The van der Waals surface area contributed by atoms with E-state index in [1.54, 1.807) is 12.1 Å². The molecule has 0 radical (unpaired) electrons. The SMILES string of the molecule is COCCN(CC(=O)O)C(=O)c1cc2cc(C)ccc2o1. The number of rotatable bonds is 6. The lowest BCUT2D eigenvalue weighted by atomic mass is 10.2. The van der Waals surface area contributed by atoms with Gasteiger partial charge in [0.25, 0.3) is 5.91 Å². The van der Waals surface area contributed by atoms with Crippen molar-refractivity contribution in [2.45, 2.75) is 6.92 Å². The fraction of sp³-hybridized carbons (Fsp3) is 0.333. The van der Waals surface area contributed by atoms with E-state index in [1.807, 2.05) is 19.1 Å². The molecule has 0 fully saturated rings. The number of aryl methyl sites for hydroxylation is 1. The standard InChI is InChI=1S/C15H17NO5/c1-10-3-4-12-11(7-10)8-13(21-12)15(19)16(5-6-20-2)9-14(17)18/h3-4,7-8H,5-6,9H2,1-2H3,(H,17,18). The third-order valence-corrected chi connectivity index (χ3v) is 3.06. The molecule has 0 saturated carbocycles. The Morgan fingerprint density at radius 1 is 1.33 bits per heavy atom. The van der Waals surface area contributed by atoms with E-state index in [1.165, 1.54) is 12.0 Å². The van der Waals surface area contributed by atoms with E-state index in [9.17, 15) is 9.59 Å². The molecule has 112 valence electrons. The van der Waals surface area contributed by atoms with Gasteiger partial charge in [0.2, 0.25) is 0 Å². The summed E-state index contributed by atoms with van der Waals surface area (Å²) in [5, 5.41) is 9.71. The van der Waals surface area contributed by atoms with Crippen molar-refractivity contribution in [1.29, 1.82) is 0 Å². The summed E-state index contributed by atoms with van der Waals surface area (Å²) in [7, 11) is 1.49. The number of methoxy groups -OCH3 is 1. The molecule has 0 bridgehead atoms. The van der Waals surface area contributed by atoms with Crippen molar-refractivity contribution in [3.8, 4) is 0 Å². The van der Waals surface area contributed by atoms with Crippen LogP contribution < -0.4 is 0 Å². The second-order valence-electron chi connectivity index (χ2n) is 4.77. The van der Waals surface area contributed by atoms with Crippen molar-refractivity contribution in [2.24, 2.45) is 0 Å². The zero-order valence-corrected chi connectivity index (χ0v) is 12.0. The number of furan rings is 1. The number of carbonyl (C=O) groups excluding carboxylic acids is 1. The summed E-state index contributed by atoms with van der Waals surface area (Å²) in [5.41, 5.74) is 1.66. The molecule has 0 unspecified atom stereocenters. The maximum absolute atomic E-state index is 12.4. The van der Waals surface area contributed by atoms with Crippen LogP contribution in [0.1, 0.15) is 16.1 Å². The molecular weight excluding hydrogens is 274 g/mol. The molecule has 6 heteroatoms. The molecule has 0 aliphatic rings. The zero-order valence-electron chi connectivity index (χ0n) is 12.0. The molecule has 0 atom stereocenters. The minimum absolute atomic E-state index is 0.132. The fourth-order valence-corrected chi connectivity index (χ4v) is 2.04. The lowest BCUT2D eigenvalue weighted by Gasteiger charge is -2.18. The highest BCUT2D eigenvalue weighted by Gasteiger charge is 2.21. The Kier molecular flexibility index (Phi) is 4.59. The number of aliphatic carboxylic acids is 1. The topological polar surface area (TPSA) is 80.0 Å². The number of ether oxygens (including phenoxy) is 1. The summed E-state index contributed by atoms with van der Waals surface area (Å²) < 4.78 is 10.4. The van der Waals surface area contributed by atoms with Crippen molar-refractivity contribution in [3.63, 3.8) is 0 Å². The number of nitrogens with zero attached hydrogens (tertiary/aromatic N) is 1. The number of carboxylic acid groups (broad SMARTS) is 1. The van der Waals surface area contributed by atoms with E-state index >= 15 is 0 Å². The van der Waals surface area contributed by atoms with Crippen LogP contribution in [0, 0.1) is 6.92 Å². The third kappa shape index (κ3) is 3.61. The molecule has 1 amide bonds. The molecule has 2 rings (SSSR count). The van der Waals surface area contributed by atoms with Gasteiger partial charge in [-0.05, 0) is 25.1 Å². The van der Waals surface area contributed by atoms with Crippen LogP contribution in [0.15, 0.2) is 28.7 Å². The van der Waals surface area contributed by atoms with Crippen LogP contribution in [0.2, 0.25) is 0 Å². The predicted octanol–water partition coefficient (Wildman–Crippen LogP) is 1.91. The third-order valence-electron chi connectivity index (χ3n) is 3.06. The molecule has 21 heavy (non-hydrogen) atoms. The maximum atomic E-state index is 12.4. The van der Waals surface area contributed by atoms with Gasteiger partial charge in [-0.1, -0.05) is 11.6 Å². The predicted molar refractivity (Wildman–Crippen MR) is 76.4 cm³/mol. The van der Waals surface area contributed by atoms with Crippen molar-refractivity contribution in [2.75, 3.05) is 26.8 Å². The molecule has 0 aliphatic carbocycles. The molecule has 6 nitrogen and oxygen atoms in total. The summed E-state index contributed by atoms with van der Waals surface area (Å²) in [6, 6.07) is 7.22. The number of hydrogen-bond acceptors (Lipinski definition) is 4. The highest BCUT2D eigenvalue weighted by Crippen LogP contribution is 2.21. The van der Waals surface area contributed by atoms with E-state index in [-0.39, 0.29) is 18.9 Å². The molecule has 0 saturated heterocycles. The second-order valence-corrected chi connectivity index (χ2v) is 4.77. The Bertz CT molecular complexity index is 661. The summed E-state index contributed by atoms with van der Waals surface area (Å²) in [4.78, 5) is 24.4. The largest absolute Gasteiger partial charge is 0.480 e. The molecule has 1 heterocycles. The van der Waals surface area contributed by atoms with Crippen LogP contribution in [0.5, 0.6) is 0 Å². The minimum atomic E-state index is -1.08. The molecule has 0 spiro atoms. The molecule has 1 N–H and O–H groups in total. The van der Waals surface area contributed by atoms with Gasteiger partial charge in [-0.25, -0.2) is 0 Å². The number of benzene rings is 1. The second kappa shape index (κ2) is 6.41. The Balaban J connectivity index is 2.26. The first kappa shape index (κ1) is 15.1. The molecular formula is C15H17NO5. The van der Waals surface area contributed by atoms with Gasteiger partial charge in [0.1, 0.15) is 12.1 Å². The number of hydrogen-bond donors (Lipinski definition) is 1. The van der Waals surface area contributed by atoms with E-state index in [0.29, 0.717) is 5.58 Å². The minimum Gasteiger partial charge on any atom is -0.480 e. The quantitative estimate of drug-likeness (QED) is 0.879. The lowest BCUT2D eigenvalue weighted by Crippen LogP contribution is -2.37. The van der Waals surface area contributed by atoms with Gasteiger partial charge in [-0.3, -0.25) is 9.59 Å². The van der Waals surface area contributed by atoms with Gasteiger partial charge in [0.15, 0.2) is 5.76 Å². The number of amides is 1. The smallest absolute Gasteiger partial charge is 0.323 e. The van der Waals surface area contributed by atoms with Gasteiger partial charge >= 0.3 is 5.97 Å². The van der Waals surface area contributed by atoms with Gasteiger partial charge in [-0.15, -0.1) is 0 Å². The van der Waals surface area contributed by atoms with Crippen LogP contribution in [-0.4, -0.2) is 48.7 Å². The molecule has 0 aliphatic heterocycles. The summed E-state index contributed by atoms with van der Waals surface area (Å²) in [6.07, 6.45) is 0. The van der Waals surface area contributed by atoms with E-state index in [0.717, 1.165) is 10.9 Å². The summed E-state index contributed by atoms with van der Waals surface area (Å²) in [5.74, 6) is -1.40. The molecule has 1 aromatic heterocycles.